The van der Waals surface area contributed by atoms with Gasteiger partial charge >= 0.3 is 0 Å². The van der Waals surface area contributed by atoms with Crippen LogP contribution in [0.5, 0.6) is 0 Å². The monoisotopic (exact) mass is 394 g/mol. The Morgan fingerprint density at radius 2 is 1.83 bits per heavy atom. The third-order valence-electron chi connectivity index (χ3n) is 4.74. The van der Waals surface area contributed by atoms with Crippen LogP contribution in [0.15, 0.2) is 70.9 Å². The number of benzene rings is 2. The van der Waals surface area contributed by atoms with E-state index < -0.39 is 23.7 Å². The number of halogens is 1. The highest BCUT2D eigenvalue weighted by Gasteiger charge is 2.41. The van der Waals surface area contributed by atoms with E-state index in [1.54, 1.807) is 12.1 Å². The fraction of sp³-hybridized carbons (Fsp3) is 0.227. The molecule has 2 unspecified atom stereocenters. The number of allylic oxidation sites excluding steroid dienone is 1. The van der Waals surface area contributed by atoms with E-state index in [2.05, 4.69) is 15.6 Å². The second-order valence-corrected chi connectivity index (χ2v) is 6.79. The first-order chi connectivity index (χ1) is 13.9. The van der Waals surface area contributed by atoms with Gasteiger partial charge in [-0.15, -0.1) is 0 Å². The quantitative estimate of drug-likeness (QED) is 0.744. The number of nitrogens with zero attached hydrogens (tertiary/aromatic N) is 1. The van der Waals surface area contributed by atoms with E-state index in [4.69, 9.17) is 5.73 Å². The fourth-order valence-corrected chi connectivity index (χ4v) is 3.39. The molecule has 3 rings (SSSR count). The molecule has 0 aliphatic carbocycles. The van der Waals surface area contributed by atoms with Crippen LogP contribution in [0.3, 0.4) is 0 Å². The van der Waals surface area contributed by atoms with Gasteiger partial charge in [-0.05, 0) is 36.2 Å². The second kappa shape index (κ2) is 8.68. The number of aliphatic imine (C=N–C) groups is 1. The summed E-state index contributed by atoms with van der Waals surface area (Å²) in [6.07, 6.45) is 0.517. The van der Waals surface area contributed by atoms with Crippen LogP contribution >= 0.6 is 0 Å². The van der Waals surface area contributed by atoms with E-state index in [9.17, 15) is 14.0 Å². The van der Waals surface area contributed by atoms with Gasteiger partial charge in [0.25, 0.3) is 0 Å². The predicted molar refractivity (Wildman–Crippen MR) is 110 cm³/mol. The Hall–Kier alpha value is -3.48. The van der Waals surface area contributed by atoms with E-state index in [1.807, 2.05) is 37.3 Å². The Morgan fingerprint density at radius 3 is 2.41 bits per heavy atom. The first-order valence-corrected chi connectivity index (χ1v) is 9.36. The van der Waals surface area contributed by atoms with Gasteiger partial charge in [0.1, 0.15) is 17.7 Å². The van der Waals surface area contributed by atoms with E-state index in [-0.39, 0.29) is 5.91 Å². The average Bonchev–Trinajstić information content (AvgIpc) is 2.70. The number of nitrogens with one attached hydrogen (secondary N) is 2. The topological polar surface area (TPSA) is 96.6 Å². The van der Waals surface area contributed by atoms with Crippen molar-refractivity contribution in [2.45, 2.75) is 32.2 Å². The van der Waals surface area contributed by atoms with Gasteiger partial charge in [-0.1, -0.05) is 37.3 Å². The highest BCUT2D eigenvalue weighted by Crippen LogP contribution is 2.34. The summed E-state index contributed by atoms with van der Waals surface area (Å²) in [6, 6.07) is 14.1. The van der Waals surface area contributed by atoms with Crippen molar-refractivity contribution in [3.63, 3.8) is 0 Å². The number of piperidine rings is 1. The van der Waals surface area contributed by atoms with Crippen LogP contribution in [-0.4, -0.2) is 23.7 Å². The molecule has 1 aliphatic rings. The number of hydrogen-bond donors (Lipinski definition) is 3. The minimum absolute atomic E-state index is 0.330. The maximum Gasteiger partial charge on any atom is 0.249 e. The molecule has 2 aromatic rings. The lowest BCUT2D eigenvalue weighted by atomic mass is 9.79. The Balaban J connectivity index is 2.20. The SMILES string of the molecule is CC/C(N)=C1/C(=Nc2ccccc2)NC(=O)C(NC(C)=O)C1c1ccc(F)cc1. The summed E-state index contributed by atoms with van der Waals surface area (Å²) >= 11 is 0. The van der Waals surface area contributed by atoms with Gasteiger partial charge in [0, 0.05) is 24.1 Å². The largest absolute Gasteiger partial charge is 0.402 e. The number of amides is 2. The summed E-state index contributed by atoms with van der Waals surface area (Å²) in [7, 11) is 0. The van der Waals surface area contributed by atoms with Crippen molar-refractivity contribution in [3.8, 4) is 0 Å². The molecule has 0 bridgehead atoms. The van der Waals surface area contributed by atoms with Gasteiger partial charge in [0.05, 0.1) is 5.69 Å². The lowest BCUT2D eigenvalue weighted by molar-refractivity contribution is -0.127. The number of nitrogens with two attached hydrogens (primary N) is 1. The molecule has 1 fully saturated rings. The lowest BCUT2D eigenvalue weighted by Crippen LogP contribution is -2.57. The molecule has 1 heterocycles. The van der Waals surface area contributed by atoms with Crippen molar-refractivity contribution in [1.82, 2.24) is 10.6 Å². The number of rotatable bonds is 4. The number of carbonyl (C=O) groups excluding carboxylic acids is 2. The van der Waals surface area contributed by atoms with Gasteiger partial charge in [-0.25, -0.2) is 9.38 Å². The summed E-state index contributed by atoms with van der Waals surface area (Å²) in [5.41, 5.74) is 8.80. The number of amidine groups is 1. The summed E-state index contributed by atoms with van der Waals surface area (Å²) in [6.45, 7) is 3.24. The summed E-state index contributed by atoms with van der Waals surface area (Å²) in [5, 5.41) is 5.48. The Kier molecular flexibility index (Phi) is 6.07. The summed E-state index contributed by atoms with van der Waals surface area (Å²) in [4.78, 5) is 29.3. The van der Waals surface area contributed by atoms with Crippen molar-refractivity contribution < 1.29 is 14.0 Å². The van der Waals surface area contributed by atoms with E-state index in [0.29, 0.717) is 34.8 Å². The molecule has 1 aliphatic heterocycles. The zero-order chi connectivity index (χ0) is 21.0. The third-order valence-corrected chi connectivity index (χ3v) is 4.74. The molecule has 2 amide bonds. The van der Waals surface area contributed by atoms with Crippen LogP contribution in [0.2, 0.25) is 0 Å². The van der Waals surface area contributed by atoms with Crippen LogP contribution in [0.1, 0.15) is 31.7 Å². The van der Waals surface area contributed by atoms with Gasteiger partial charge in [0.2, 0.25) is 11.8 Å². The summed E-state index contributed by atoms with van der Waals surface area (Å²) in [5.74, 6) is -1.42. The maximum atomic E-state index is 13.5. The average molecular weight is 394 g/mol. The molecular weight excluding hydrogens is 371 g/mol. The van der Waals surface area contributed by atoms with E-state index >= 15 is 0 Å². The lowest BCUT2D eigenvalue weighted by Gasteiger charge is -2.35. The van der Waals surface area contributed by atoms with Crippen LogP contribution in [0.25, 0.3) is 0 Å². The molecular formula is C22H23FN4O2. The van der Waals surface area contributed by atoms with E-state index in [1.165, 1.54) is 19.1 Å². The Labute approximate surface area is 168 Å². The van der Waals surface area contributed by atoms with Crippen molar-refractivity contribution >= 4 is 23.3 Å². The van der Waals surface area contributed by atoms with Gasteiger partial charge in [-0.2, -0.15) is 0 Å². The normalized spacial score (nSPS) is 22.2. The minimum Gasteiger partial charge on any atom is -0.402 e. The van der Waals surface area contributed by atoms with Crippen molar-refractivity contribution in [2.75, 3.05) is 0 Å². The Bertz CT molecular complexity index is 968. The second-order valence-electron chi connectivity index (χ2n) is 6.79. The molecule has 2 atom stereocenters. The van der Waals surface area contributed by atoms with E-state index in [0.717, 1.165) is 0 Å². The van der Waals surface area contributed by atoms with Crippen molar-refractivity contribution in [3.05, 3.63) is 77.2 Å². The highest BCUT2D eigenvalue weighted by molar-refractivity contribution is 6.15. The zero-order valence-electron chi connectivity index (χ0n) is 16.3. The first kappa shape index (κ1) is 20.3. The molecule has 150 valence electrons. The van der Waals surface area contributed by atoms with Gasteiger partial charge in [-0.3, -0.25) is 9.59 Å². The Morgan fingerprint density at radius 1 is 1.17 bits per heavy atom. The predicted octanol–water partition coefficient (Wildman–Crippen LogP) is 2.90. The first-order valence-electron chi connectivity index (χ1n) is 9.36. The molecule has 0 radical (unpaired) electrons. The standard InChI is InChI=1S/C22H23FN4O2/c1-3-17(24)19-18(14-9-11-15(23)12-10-14)20(25-13(2)28)22(29)27-21(19)26-16-7-5-4-6-8-16/h4-12,18,20H,3,24H2,1-2H3,(H,25,28)(H,26,27,29)/b19-17-. The van der Waals surface area contributed by atoms with Crippen LogP contribution in [-0.2, 0) is 9.59 Å². The van der Waals surface area contributed by atoms with Crippen LogP contribution < -0.4 is 16.4 Å². The smallest absolute Gasteiger partial charge is 0.249 e. The minimum atomic E-state index is -0.896. The molecule has 0 aromatic heterocycles. The summed E-state index contributed by atoms with van der Waals surface area (Å²) < 4.78 is 13.5. The molecule has 0 saturated carbocycles. The third kappa shape index (κ3) is 4.51. The highest BCUT2D eigenvalue weighted by atomic mass is 19.1. The molecule has 29 heavy (non-hydrogen) atoms. The molecule has 6 nitrogen and oxygen atoms in total. The van der Waals surface area contributed by atoms with Crippen LogP contribution in [0, 0.1) is 5.82 Å². The molecule has 1 saturated heterocycles. The zero-order valence-corrected chi connectivity index (χ0v) is 16.3. The molecule has 7 heteroatoms. The van der Waals surface area contributed by atoms with Crippen molar-refractivity contribution in [2.24, 2.45) is 10.7 Å². The van der Waals surface area contributed by atoms with Crippen molar-refractivity contribution in [1.29, 1.82) is 0 Å². The van der Waals surface area contributed by atoms with Crippen LogP contribution in [0.4, 0.5) is 10.1 Å². The molecule has 0 spiro atoms. The molecule has 2 aromatic carbocycles. The van der Waals surface area contributed by atoms with Gasteiger partial charge < -0.3 is 16.4 Å². The molecule has 4 N–H and O–H groups in total. The van der Waals surface area contributed by atoms with Gasteiger partial charge in [0.15, 0.2) is 0 Å². The number of hydrogen-bond acceptors (Lipinski definition) is 4. The number of para-hydroxylation sites is 1. The number of carbonyl (C=O) groups is 2. The maximum absolute atomic E-state index is 13.5. The fourth-order valence-electron chi connectivity index (χ4n) is 3.39.